The summed E-state index contributed by atoms with van der Waals surface area (Å²) in [4.78, 5) is 8.60. The number of nitrogens with zero attached hydrogens (tertiary/aromatic N) is 3. The molecule has 110 valence electrons. The van der Waals surface area contributed by atoms with E-state index in [9.17, 15) is 0 Å². The predicted octanol–water partition coefficient (Wildman–Crippen LogP) is 2.27. The van der Waals surface area contributed by atoms with Crippen LogP contribution in [0, 0.1) is 0 Å². The molecule has 3 N–H and O–H groups in total. The van der Waals surface area contributed by atoms with Gasteiger partial charge in [0.05, 0.1) is 11.9 Å². The zero-order valence-corrected chi connectivity index (χ0v) is 12.9. The molecule has 0 unspecified atom stereocenters. The third-order valence-electron chi connectivity index (χ3n) is 2.62. The molecule has 6 nitrogen and oxygen atoms in total. The van der Waals surface area contributed by atoms with Crippen LogP contribution in [0.15, 0.2) is 24.8 Å². The van der Waals surface area contributed by atoms with E-state index in [1.165, 1.54) is 5.57 Å². The van der Waals surface area contributed by atoms with Gasteiger partial charge in [-0.3, -0.25) is 4.40 Å². The maximum atomic E-state index is 4.38. The molecule has 3 heterocycles. The highest BCUT2D eigenvalue weighted by Crippen LogP contribution is 2.19. The van der Waals surface area contributed by atoms with E-state index >= 15 is 0 Å². The van der Waals surface area contributed by atoms with Gasteiger partial charge < -0.3 is 10.7 Å². The monoisotopic (exact) mass is 276 g/mol. The van der Waals surface area contributed by atoms with Crippen LogP contribution in [0.4, 0.5) is 5.82 Å². The van der Waals surface area contributed by atoms with Gasteiger partial charge in [0.15, 0.2) is 11.5 Å². The van der Waals surface area contributed by atoms with Gasteiger partial charge in [0.2, 0.25) is 0 Å². The van der Waals surface area contributed by atoms with Gasteiger partial charge in [-0.1, -0.05) is 27.7 Å². The molecule has 0 aliphatic carbocycles. The second-order valence-electron chi connectivity index (χ2n) is 3.53. The Balaban J connectivity index is 0.000000461. The normalized spacial score (nSPS) is 12.6. The molecule has 1 aliphatic heterocycles. The molecular weight excluding hydrogens is 252 g/mol. The molecule has 1 aliphatic rings. The number of rotatable bonds is 2. The van der Waals surface area contributed by atoms with Crippen LogP contribution in [0.2, 0.25) is 0 Å². The van der Waals surface area contributed by atoms with Crippen molar-refractivity contribution in [2.24, 2.45) is 0 Å². The summed E-state index contributed by atoms with van der Waals surface area (Å²) in [5, 5.41) is 3.03. The van der Waals surface area contributed by atoms with Crippen LogP contribution in [0.25, 0.3) is 11.2 Å². The third kappa shape index (κ3) is 3.08. The minimum Gasteiger partial charge on any atom is -0.370 e. The van der Waals surface area contributed by atoms with Crippen LogP contribution in [0.1, 0.15) is 33.4 Å². The fourth-order valence-electron chi connectivity index (χ4n) is 1.83. The first-order valence-electron chi connectivity index (χ1n) is 7.08. The van der Waals surface area contributed by atoms with Gasteiger partial charge in [0, 0.05) is 37.8 Å². The van der Waals surface area contributed by atoms with E-state index in [1.807, 2.05) is 57.7 Å². The zero-order chi connectivity index (χ0) is 15.0. The average molecular weight is 276 g/mol. The van der Waals surface area contributed by atoms with Gasteiger partial charge in [0.1, 0.15) is 0 Å². The van der Waals surface area contributed by atoms with Crippen molar-refractivity contribution >= 4 is 17.0 Å². The number of nitrogens with one attached hydrogen (secondary N) is 3. The van der Waals surface area contributed by atoms with Crippen molar-refractivity contribution in [1.29, 1.82) is 0 Å². The summed E-state index contributed by atoms with van der Waals surface area (Å²) in [7, 11) is 1.84. The summed E-state index contributed by atoms with van der Waals surface area (Å²) in [6, 6.07) is 0. The minimum absolute atomic E-state index is 0.785. The molecule has 2 aromatic heterocycles. The first-order valence-corrected chi connectivity index (χ1v) is 7.08. The Morgan fingerprint density at radius 3 is 2.55 bits per heavy atom. The first kappa shape index (κ1) is 16.0. The maximum absolute atomic E-state index is 4.38. The van der Waals surface area contributed by atoms with Crippen molar-refractivity contribution in [3.05, 3.63) is 30.5 Å². The van der Waals surface area contributed by atoms with Crippen LogP contribution < -0.4 is 16.2 Å². The lowest BCUT2D eigenvalue weighted by atomic mass is 10.2. The first-order chi connectivity index (χ1) is 9.90. The lowest BCUT2D eigenvalue weighted by molar-refractivity contribution is 0.729. The SMILES string of the molecule is CC.CC.CNc1nccn2c(C3=CNNC3)cnc12. The van der Waals surface area contributed by atoms with Crippen molar-refractivity contribution in [3.63, 3.8) is 0 Å². The number of anilines is 1. The highest BCUT2D eigenvalue weighted by molar-refractivity contribution is 5.71. The van der Waals surface area contributed by atoms with Crippen molar-refractivity contribution in [2.45, 2.75) is 27.7 Å². The molecule has 0 bridgehead atoms. The fraction of sp³-hybridized carbons (Fsp3) is 0.429. The zero-order valence-electron chi connectivity index (χ0n) is 12.9. The van der Waals surface area contributed by atoms with Gasteiger partial charge in [0.25, 0.3) is 0 Å². The molecule has 0 aromatic carbocycles. The average Bonchev–Trinajstić information content (AvgIpc) is 3.19. The molecule has 0 radical (unpaired) electrons. The second-order valence-corrected chi connectivity index (χ2v) is 3.53. The molecule has 0 spiro atoms. The van der Waals surface area contributed by atoms with E-state index in [2.05, 4.69) is 26.1 Å². The Bertz CT molecular complexity index is 558. The van der Waals surface area contributed by atoms with Crippen molar-refractivity contribution in [2.75, 3.05) is 18.9 Å². The molecule has 0 saturated heterocycles. The van der Waals surface area contributed by atoms with Crippen LogP contribution in [0.3, 0.4) is 0 Å². The van der Waals surface area contributed by atoms with Crippen LogP contribution in [-0.2, 0) is 0 Å². The van der Waals surface area contributed by atoms with Crippen LogP contribution in [-0.4, -0.2) is 28.0 Å². The second kappa shape index (κ2) is 8.16. The fourth-order valence-corrected chi connectivity index (χ4v) is 1.83. The van der Waals surface area contributed by atoms with E-state index < -0.39 is 0 Å². The number of hydrazine groups is 1. The highest BCUT2D eigenvalue weighted by atomic mass is 15.4. The molecule has 20 heavy (non-hydrogen) atoms. The maximum Gasteiger partial charge on any atom is 0.180 e. The smallest absolute Gasteiger partial charge is 0.180 e. The summed E-state index contributed by atoms with van der Waals surface area (Å²) in [6.07, 6.45) is 7.49. The molecule has 0 amide bonds. The Morgan fingerprint density at radius 1 is 1.20 bits per heavy atom. The van der Waals surface area contributed by atoms with E-state index in [0.717, 1.165) is 23.7 Å². The number of fused-ring (bicyclic) bond motifs is 1. The Kier molecular flexibility index (Phi) is 6.52. The third-order valence-corrected chi connectivity index (χ3v) is 2.62. The summed E-state index contributed by atoms with van der Waals surface area (Å²) in [5.74, 6) is 0.785. The highest BCUT2D eigenvalue weighted by Gasteiger charge is 2.13. The quantitative estimate of drug-likeness (QED) is 0.785. The van der Waals surface area contributed by atoms with E-state index in [1.54, 1.807) is 6.20 Å². The summed E-state index contributed by atoms with van der Waals surface area (Å²) in [6.45, 7) is 8.80. The lowest BCUT2D eigenvalue weighted by Gasteiger charge is -2.03. The number of imidazole rings is 1. The standard InChI is InChI=1S/C10H12N6.2C2H6/c1-11-9-10-13-6-8(7-4-14-15-5-7)16(10)3-2-12-9;2*1-2/h2-4,6,14-15H,5H2,1H3,(H,11,12);2*1-2H3. The van der Waals surface area contributed by atoms with E-state index in [0.29, 0.717) is 0 Å². The molecular formula is C14H24N6. The predicted molar refractivity (Wildman–Crippen MR) is 84.3 cm³/mol. The molecule has 0 atom stereocenters. The Labute approximate surface area is 120 Å². The Hall–Kier alpha value is -2.08. The summed E-state index contributed by atoms with van der Waals surface area (Å²) >= 11 is 0. The number of hydrogen-bond acceptors (Lipinski definition) is 5. The van der Waals surface area contributed by atoms with E-state index in [-0.39, 0.29) is 0 Å². The van der Waals surface area contributed by atoms with Crippen LogP contribution in [0.5, 0.6) is 0 Å². The Morgan fingerprint density at radius 2 is 1.95 bits per heavy atom. The minimum atomic E-state index is 0.785. The van der Waals surface area contributed by atoms with E-state index in [4.69, 9.17) is 0 Å². The lowest BCUT2D eigenvalue weighted by Crippen LogP contribution is -2.20. The van der Waals surface area contributed by atoms with Crippen LogP contribution >= 0.6 is 0 Å². The molecule has 0 saturated carbocycles. The molecule has 6 heteroatoms. The van der Waals surface area contributed by atoms with Crippen molar-refractivity contribution in [3.8, 4) is 0 Å². The molecule has 0 fully saturated rings. The summed E-state index contributed by atoms with van der Waals surface area (Å²) < 4.78 is 2.03. The number of aromatic nitrogens is 3. The largest absolute Gasteiger partial charge is 0.370 e. The van der Waals surface area contributed by atoms with Crippen molar-refractivity contribution in [1.82, 2.24) is 25.2 Å². The summed E-state index contributed by atoms with van der Waals surface area (Å²) in [5.41, 5.74) is 9.11. The molecule has 2 aromatic rings. The van der Waals surface area contributed by atoms with Crippen molar-refractivity contribution < 1.29 is 0 Å². The van der Waals surface area contributed by atoms with Gasteiger partial charge in [-0.05, 0) is 0 Å². The van der Waals surface area contributed by atoms with Gasteiger partial charge in [-0.2, -0.15) is 0 Å². The molecule has 3 rings (SSSR count). The van der Waals surface area contributed by atoms with Gasteiger partial charge >= 0.3 is 0 Å². The topological polar surface area (TPSA) is 66.3 Å². The van der Waals surface area contributed by atoms with Gasteiger partial charge in [-0.15, -0.1) is 0 Å². The van der Waals surface area contributed by atoms with Gasteiger partial charge in [-0.25, -0.2) is 15.4 Å². The number of hydrogen-bond donors (Lipinski definition) is 3.